The van der Waals surface area contributed by atoms with E-state index in [9.17, 15) is 9.59 Å². The maximum Gasteiger partial charge on any atom is 0.238 e. The zero-order valence-corrected chi connectivity index (χ0v) is 16.4. The zero-order chi connectivity index (χ0) is 19.1. The van der Waals surface area contributed by atoms with E-state index in [1.54, 1.807) is 30.1 Å². The Morgan fingerprint density at radius 2 is 1.92 bits per heavy atom. The van der Waals surface area contributed by atoms with Crippen LogP contribution in [0.2, 0.25) is 5.02 Å². The summed E-state index contributed by atoms with van der Waals surface area (Å²) in [5.41, 5.74) is 0.513. The Kier molecular flexibility index (Phi) is 7.72. The first kappa shape index (κ1) is 20.5. The Morgan fingerprint density at radius 3 is 2.62 bits per heavy atom. The molecule has 0 radical (unpaired) electrons. The number of nitrogens with one attached hydrogen (secondary N) is 2. The van der Waals surface area contributed by atoms with Gasteiger partial charge in [0.25, 0.3) is 0 Å². The highest BCUT2D eigenvalue weighted by Crippen LogP contribution is 2.27. The number of anilines is 1. The maximum atomic E-state index is 12.2. The number of hydrogen-bond acceptors (Lipinski definition) is 4. The molecule has 1 fully saturated rings. The molecule has 2 atom stereocenters. The number of carbonyl (C=O) groups excluding carboxylic acids is 2. The second-order valence-electron chi connectivity index (χ2n) is 7.00. The van der Waals surface area contributed by atoms with Crippen LogP contribution in [-0.4, -0.2) is 50.0 Å². The number of halogens is 1. The second-order valence-corrected chi connectivity index (χ2v) is 7.44. The van der Waals surface area contributed by atoms with Crippen molar-refractivity contribution in [2.75, 3.05) is 32.6 Å². The summed E-state index contributed by atoms with van der Waals surface area (Å²) in [5, 5.41) is 6.38. The largest absolute Gasteiger partial charge is 0.495 e. The molecule has 0 saturated heterocycles. The third-order valence-corrected chi connectivity index (χ3v) is 4.96. The lowest BCUT2D eigenvalue weighted by Gasteiger charge is -2.30. The Balaban J connectivity index is 1.81. The van der Waals surface area contributed by atoms with E-state index in [1.807, 2.05) is 0 Å². The summed E-state index contributed by atoms with van der Waals surface area (Å²) in [6.07, 6.45) is 4.59. The third kappa shape index (κ3) is 6.18. The molecule has 1 aromatic carbocycles. The molecule has 1 aliphatic rings. The van der Waals surface area contributed by atoms with Crippen LogP contribution in [-0.2, 0) is 9.59 Å². The van der Waals surface area contributed by atoms with Crippen molar-refractivity contribution in [1.29, 1.82) is 0 Å². The predicted octanol–water partition coefficient (Wildman–Crippen LogP) is 2.91. The van der Waals surface area contributed by atoms with Gasteiger partial charge in [0.15, 0.2) is 0 Å². The summed E-state index contributed by atoms with van der Waals surface area (Å²) in [6.45, 7) is 2.46. The molecule has 1 aliphatic carbocycles. The van der Waals surface area contributed by atoms with Gasteiger partial charge >= 0.3 is 0 Å². The van der Waals surface area contributed by atoms with E-state index in [1.165, 1.54) is 13.5 Å². The Bertz CT molecular complexity index is 638. The lowest BCUT2D eigenvalue weighted by Crippen LogP contribution is -2.46. The number of benzene rings is 1. The highest BCUT2D eigenvalue weighted by molar-refractivity contribution is 6.31. The molecule has 2 N–H and O–H groups in total. The molecule has 0 unspecified atom stereocenters. The molecule has 0 aliphatic heterocycles. The van der Waals surface area contributed by atoms with Gasteiger partial charge < -0.3 is 15.4 Å². The predicted molar refractivity (Wildman–Crippen MR) is 104 cm³/mol. The summed E-state index contributed by atoms with van der Waals surface area (Å²) in [6, 6.07) is 5.27. The molecule has 7 heteroatoms. The number of methoxy groups -OCH3 is 1. The lowest BCUT2D eigenvalue weighted by atomic mass is 9.86. The Labute approximate surface area is 160 Å². The van der Waals surface area contributed by atoms with Crippen LogP contribution in [0.4, 0.5) is 5.69 Å². The average Bonchev–Trinajstić information content (AvgIpc) is 2.56. The van der Waals surface area contributed by atoms with Crippen LogP contribution in [0.15, 0.2) is 18.2 Å². The van der Waals surface area contributed by atoms with E-state index in [2.05, 4.69) is 17.6 Å². The quantitative estimate of drug-likeness (QED) is 0.761. The molecule has 2 rings (SSSR count). The third-order valence-electron chi connectivity index (χ3n) is 4.72. The average molecular weight is 382 g/mol. The van der Waals surface area contributed by atoms with Crippen molar-refractivity contribution < 1.29 is 14.3 Å². The van der Waals surface area contributed by atoms with E-state index in [4.69, 9.17) is 16.3 Å². The van der Waals surface area contributed by atoms with Crippen LogP contribution >= 0.6 is 11.6 Å². The van der Waals surface area contributed by atoms with Crippen molar-refractivity contribution in [3.63, 3.8) is 0 Å². The fourth-order valence-corrected chi connectivity index (χ4v) is 3.47. The topological polar surface area (TPSA) is 70.7 Å². The maximum absolute atomic E-state index is 12.2. The van der Waals surface area contributed by atoms with Crippen molar-refractivity contribution in [1.82, 2.24) is 10.2 Å². The van der Waals surface area contributed by atoms with E-state index in [0.29, 0.717) is 22.4 Å². The number of hydrogen-bond donors (Lipinski definition) is 2. The molecular weight excluding hydrogens is 354 g/mol. The van der Waals surface area contributed by atoms with Gasteiger partial charge in [-0.15, -0.1) is 0 Å². The summed E-state index contributed by atoms with van der Waals surface area (Å²) in [7, 11) is 3.28. The first-order valence-electron chi connectivity index (χ1n) is 9.00. The van der Waals surface area contributed by atoms with Gasteiger partial charge in [0.05, 0.1) is 25.9 Å². The summed E-state index contributed by atoms with van der Waals surface area (Å²) in [5.74, 6) is 0.775. The molecule has 2 amide bonds. The van der Waals surface area contributed by atoms with Gasteiger partial charge in [-0.25, -0.2) is 0 Å². The van der Waals surface area contributed by atoms with Crippen LogP contribution in [0.3, 0.4) is 0 Å². The van der Waals surface area contributed by atoms with Gasteiger partial charge in [0, 0.05) is 11.1 Å². The molecule has 1 aromatic rings. The first-order chi connectivity index (χ1) is 12.4. The molecule has 6 nitrogen and oxygen atoms in total. The molecule has 0 aromatic heterocycles. The highest BCUT2D eigenvalue weighted by Gasteiger charge is 2.23. The van der Waals surface area contributed by atoms with E-state index < -0.39 is 0 Å². The SMILES string of the molecule is COc1ccc(Cl)cc1NC(=O)CN(C)CC(=O)N[C@H]1CCCC[C@@H]1C. The minimum atomic E-state index is -0.230. The minimum Gasteiger partial charge on any atom is -0.495 e. The van der Waals surface area contributed by atoms with E-state index in [-0.39, 0.29) is 30.9 Å². The first-order valence-corrected chi connectivity index (χ1v) is 9.38. The summed E-state index contributed by atoms with van der Waals surface area (Å²) < 4.78 is 5.21. The fraction of sp³-hybridized carbons (Fsp3) is 0.579. The van der Waals surface area contributed by atoms with Crippen molar-refractivity contribution in [2.45, 2.75) is 38.6 Å². The van der Waals surface area contributed by atoms with Crippen LogP contribution in [0, 0.1) is 5.92 Å². The van der Waals surface area contributed by atoms with E-state index >= 15 is 0 Å². The van der Waals surface area contributed by atoms with Crippen molar-refractivity contribution in [2.24, 2.45) is 5.92 Å². The van der Waals surface area contributed by atoms with Gasteiger partial charge in [-0.2, -0.15) is 0 Å². The van der Waals surface area contributed by atoms with Gasteiger partial charge in [-0.1, -0.05) is 31.4 Å². The number of rotatable bonds is 7. The van der Waals surface area contributed by atoms with Crippen LogP contribution in [0.5, 0.6) is 5.75 Å². The summed E-state index contributed by atoms with van der Waals surface area (Å²) in [4.78, 5) is 26.2. The number of nitrogens with zero attached hydrogens (tertiary/aromatic N) is 1. The fourth-order valence-electron chi connectivity index (χ4n) is 3.30. The van der Waals surface area contributed by atoms with Gasteiger partial charge in [-0.05, 0) is 44.0 Å². The smallest absolute Gasteiger partial charge is 0.238 e. The normalized spacial score (nSPS) is 19.9. The van der Waals surface area contributed by atoms with Crippen LogP contribution in [0.25, 0.3) is 0 Å². The van der Waals surface area contributed by atoms with Gasteiger partial charge in [-0.3, -0.25) is 14.5 Å². The number of amides is 2. The van der Waals surface area contributed by atoms with Crippen LogP contribution in [0.1, 0.15) is 32.6 Å². The van der Waals surface area contributed by atoms with Gasteiger partial charge in [0.2, 0.25) is 11.8 Å². The second kappa shape index (κ2) is 9.78. The lowest BCUT2D eigenvalue weighted by molar-refractivity contribution is -0.124. The number of carbonyl (C=O) groups is 2. The number of ether oxygens (including phenoxy) is 1. The Hall–Kier alpha value is -1.79. The highest BCUT2D eigenvalue weighted by atomic mass is 35.5. The van der Waals surface area contributed by atoms with Crippen molar-refractivity contribution in [3.05, 3.63) is 23.2 Å². The molecule has 0 bridgehead atoms. The van der Waals surface area contributed by atoms with E-state index in [0.717, 1.165) is 19.3 Å². The molecule has 1 saturated carbocycles. The Morgan fingerprint density at radius 1 is 1.23 bits per heavy atom. The minimum absolute atomic E-state index is 0.0422. The molecule has 0 spiro atoms. The number of likely N-dealkylation sites (N-methyl/N-ethyl adjacent to an activating group) is 1. The summed E-state index contributed by atoms with van der Waals surface area (Å²) >= 11 is 5.97. The monoisotopic (exact) mass is 381 g/mol. The molecule has 144 valence electrons. The van der Waals surface area contributed by atoms with Crippen LogP contribution < -0.4 is 15.4 Å². The zero-order valence-electron chi connectivity index (χ0n) is 15.7. The molecular formula is C19H28ClN3O3. The standard InChI is InChI=1S/C19H28ClN3O3/c1-13-6-4-5-7-15(13)21-18(24)11-23(2)12-19(25)22-16-10-14(20)8-9-17(16)26-3/h8-10,13,15H,4-7,11-12H2,1-3H3,(H,21,24)(H,22,25)/t13-,15-/m0/s1. The van der Waals surface area contributed by atoms with Gasteiger partial charge in [0.1, 0.15) is 5.75 Å². The van der Waals surface area contributed by atoms with Crippen molar-refractivity contribution >= 4 is 29.1 Å². The molecule has 26 heavy (non-hydrogen) atoms. The van der Waals surface area contributed by atoms with Crippen molar-refractivity contribution in [3.8, 4) is 5.75 Å². The molecule has 0 heterocycles.